The molecule has 1 atom stereocenters. The molecule has 1 saturated heterocycles. The second-order valence-electron chi connectivity index (χ2n) is 6.31. The fraction of sp³-hybridized carbons (Fsp3) is 0.579. The van der Waals surface area contributed by atoms with E-state index in [2.05, 4.69) is 11.1 Å². The minimum absolute atomic E-state index is 0.0784. The molecule has 1 amide bonds. The molecule has 0 unspecified atom stereocenters. The molecule has 0 radical (unpaired) electrons. The van der Waals surface area contributed by atoms with Crippen molar-refractivity contribution in [2.75, 3.05) is 19.7 Å². The highest BCUT2D eigenvalue weighted by molar-refractivity contribution is 8.00. The van der Waals surface area contributed by atoms with E-state index in [0.29, 0.717) is 21.8 Å². The van der Waals surface area contributed by atoms with Crippen LogP contribution >= 0.6 is 11.8 Å². The maximum Gasteiger partial charge on any atom is 0.340 e. The molecule has 1 fully saturated rings. The minimum Gasteiger partial charge on any atom is -0.462 e. The van der Waals surface area contributed by atoms with Crippen LogP contribution in [0.4, 0.5) is 0 Å². The Balaban J connectivity index is 2.17. The van der Waals surface area contributed by atoms with E-state index in [0.717, 1.165) is 25.9 Å². The number of hydrogen-bond acceptors (Lipinski definition) is 6. The highest BCUT2D eigenvalue weighted by atomic mass is 32.2. The topological polar surface area (TPSA) is 83.3 Å². The first-order chi connectivity index (χ1) is 12.5. The lowest BCUT2D eigenvalue weighted by atomic mass is 10.1. The van der Waals surface area contributed by atoms with Gasteiger partial charge in [0.05, 0.1) is 28.7 Å². The average molecular weight is 375 g/mol. The summed E-state index contributed by atoms with van der Waals surface area (Å²) in [6, 6.07) is 3.58. The Morgan fingerprint density at radius 3 is 2.58 bits per heavy atom. The highest BCUT2D eigenvalue weighted by Gasteiger charge is 2.25. The van der Waals surface area contributed by atoms with E-state index >= 15 is 0 Å². The number of ether oxygens (including phenoxy) is 1. The zero-order valence-corrected chi connectivity index (χ0v) is 16.4. The molecule has 6 nitrogen and oxygen atoms in total. The summed E-state index contributed by atoms with van der Waals surface area (Å²) in [5, 5.41) is 9.58. The summed E-state index contributed by atoms with van der Waals surface area (Å²) in [4.78, 5) is 31.0. The number of aryl methyl sites for hydroxylation is 1. The number of nitriles is 1. The van der Waals surface area contributed by atoms with Crippen molar-refractivity contribution < 1.29 is 14.3 Å². The van der Waals surface area contributed by atoms with Crippen molar-refractivity contribution in [1.82, 2.24) is 9.88 Å². The number of likely N-dealkylation sites (tertiary alicyclic amines) is 1. The quantitative estimate of drug-likeness (QED) is 0.580. The number of amides is 1. The van der Waals surface area contributed by atoms with Gasteiger partial charge in [-0.05, 0) is 39.7 Å². The lowest BCUT2D eigenvalue weighted by molar-refractivity contribution is -0.130. The second kappa shape index (κ2) is 9.58. The summed E-state index contributed by atoms with van der Waals surface area (Å²) >= 11 is 1.27. The van der Waals surface area contributed by atoms with Crippen LogP contribution in [0.1, 0.15) is 61.1 Å². The Hall–Kier alpha value is -2.07. The average Bonchev–Trinajstić information content (AvgIpc) is 2.90. The van der Waals surface area contributed by atoms with Gasteiger partial charge in [-0.25, -0.2) is 9.78 Å². The van der Waals surface area contributed by atoms with Crippen LogP contribution in [0.5, 0.6) is 0 Å². The lowest BCUT2D eigenvalue weighted by Crippen LogP contribution is -2.37. The molecule has 2 heterocycles. The zero-order valence-electron chi connectivity index (χ0n) is 15.6. The number of nitrogens with zero attached hydrogens (tertiary/aromatic N) is 3. The minimum atomic E-state index is -0.487. The predicted molar refractivity (Wildman–Crippen MR) is 100 cm³/mol. The SMILES string of the molecule is CCOC(=O)c1cc(C#N)c(S[C@@H](C)C(=O)N2CCCCCC2)nc1C. The molecule has 0 N–H and O–H groups in total. The third kappa shape index (κ3) is 4.98. The van der Waals surface area contributed by atoms with Gasteiger partial charge in [-0.3, -0.25) is 4.79 Å². The molecule has 2 rings (SSSR count). The number of hydrogen-bond donors (Lipinski definition) is 0. The molecular formula is C19H25N3O3S. The molecular weight excluding hydrogens is 350 g/mol. The van der Waals surface area contributed by atoms with Crippen molar-refractivity contribution in [3.05, 3.63) is 22.9 Å². The molecule has 0 spiro atoms. The van der Waals surface area contributed by atoms with Crippen LogP contribution in [-0.4, -0.2) is 46.7 Å². The number of aromatic nitrogens is 1. The third-order valence-electron chi connectivity index (χ3n) is 4.35. The van der Waals surface area contributed by atoms with Crippen LogP contribution < -0.4 is 0 Å². The van der Waals surface area contributed by atoms with Gasteiger partial charge >= 0.3 is 5.97 Å². The van der Waals surface area contributed by atoms with Gasteiger partial charge in [0.2, 0.25) is 5.91 Å². The molecule has 7 heteroatoms. The Morgan fingerprint density at radius 2 is 2.00 bits per heavy atom. The van der Waals surface area contributed by atoms with Crippen LogP contribution in [0, 0.1) is 18.3 Å². The van der Waals surface area contributed by atoms with Gasteiger partial charge in [-0.15, -0.1) is 0 Å². The van der Waals surface area contributed by atoms with Crippen LogP contribution in [0.2, 0.25) is 0 Å². The van der Waals surface area contributed by atoms with Gasteiger partial charge in [0.15, 0.2) is 0 Å². The highest BCUT2D eigenvalue weighted by Crippen LogP contribution is 2.28. The van der Waals surface area contributed by atoms with E-state index in [9.17, 15) is 14.9 Å². The predicted octanol–water partition coefficient (Wildman–Crippen LogP) is 3.32. The van der Waals surface area contributed by atoms with Gasteiger partial charge in [0.25, 0.3) is 0 Å². The van der Waals surface area contributed by atoms with E-state index < -0.39 is 5.97 Å². The maximum atomic E-state index is 12.7. The third-order valence-corrected chi connectivity index (χ3v) is 5.44. The summed E-state index contributed by atoms with van der Waals surface area (Å²) in [6.45, 7) is 7.13. The molecule has 140 valence electrons. The molecule has 1 aliphatic heterocycles. The maximum absolute atomic E-state index is 12.7. The monoisotopic (exact) mass is 375 g/mol. The summed E-state index contributed by atoms with van der Waals surface area (Å²) in [6.07, 6.45) is 4.41. The van der Waals surface area contributed by atoms with Gasteiger partial charge < -0.3 is 9.64 Å². The van der Waals surface area contributed by atoms with Crippen molar-refractivity contribution in [3.8, 4) is 6.07 Å². The zero-order chi connectivity index (χ0) is 19.1. The van der Waals surface area contributed by atoms with Gasteiger partial charge in [-0.2, -0.15) is 5.26 Å². The second-order valence-corrected chi connectivity index (χ2v) is 7.64. The first kappa shape index (κ1) is 20.2. The normalized spacial score (nSPS) is 15.7. The van der Waals surface area contributed by atoms with Crippen LogP contribution in [0.15, 0.2) is 11.1 Å². The Labute approximate surface area is 158 Å². The van der Waals surface area contributed by atoms with E-state index in [-0.39, 0.29) is 17.8 Å². The fourth-order valence-corrected chi connectivity index (χ4v) is 3.94. The van der Waals surface area contributed by atoms with Gasteiger partial charge in [-0.1, -0.05) is 24.6 Å². The number of pyridine rings is 1. The van der Waals surface area contributed by atoms with Gasteiger partial charge in [0.1, 0.15) is 11.1 Å². The molecule has 26 heavy (non-hydrogen) atoms. The summed E-state index contributed by atoms with van der Waals surface area (Å²) < 4.78 is 5.00. The molecule has 0 aliphatic carbocycles. The molecule has 1 aliphatic rings. The van der Waals surface area contributed by atoms with E-state index in [1.54, 1.807) is 13.8 Å². The van der Waals surface area contributed by atoms with Crippen LogP contribution in [-0.2, 0) is 9.53 Å². The molecule has 1 aromatic heterocycles. The largest absolute Gasteiger partial charge is 0.462 e. The number of esters is 1. The smallest absolute Gasteiger partial charge is 0.340 e. The van der Waals surface area contributed by atoms with Crippen molar-refractivity contribution >= 4 is 23.6 Å². The number of carbonyl (C=O) groups excluding carboxylic acids is 2. The summed E-state index contributed by atoms with van der Waals surface area (Å²) in [5.41, 5.74) is 1.08. The van der Waals surface area contributed by atoms with Crippen molar-refractivity contribution in [1.29, 1.82) is 5.26 Å². The van der Waals surface area contributed by atoms with Crippen LogP contribution in [0.3, 0.4) is 0 Å². The van der Waals surface area contributed by atoms with E-state index in [4.69, 9.17) is 4.74 Å². The van der Waals surface area contributed by atoms with E-state index in [1.807, 2.05) is 11.8 Å². The number of carbonyl (C=O) groups is 2. The van der Waals surface area contributed by atoms with E-state index in [1.165, 1.54) is 30.7 Å². The van der Waals surface area contributed by atoms with Crippen LogP contribution in [0.25, 0.3) is 0 Å². The fourth-order valence-electron chi connectivity index (χ4n) is 2.93. The Bertz CT molecular complexity index is 707. The first-order valence-corrected chi connectivity index (χ1v) is 9.90. The molecule has 1 aromatic rings. The van der Waals surface area contributed by atoms with Crippen molar-refractivity contribution in [3.63, 3.8) is 0 Å². The number of rotatable bonds is 5. The molecule has 0 aromatic carbocycles. The summed E-state index contributed by atoms with van der Waals surface area (Å²) in [7, 11) is 0. The van der Waals surface area contributed by atoms with Crippen molar-refractivity contribution in [2.45, 2.75) is 56.7 Å². The number of thioether (sulfide) groups is 1. The van der Waals surface area contributed by atoms with Gasteiger partial charge in [0, 0.05) is 13.1 Å². The standard InChI is InChI=1S/C19H25N3O3S/c1-4-25-19(24)16-11-15(12-20)17(21-13(16)2)26-14(3)18(23)22-9-7-5-6-8-10-22/h11,14H,4-10H2,1-3H3/t14-/m0/s1. The summed E-state index contributed by atoms with van der Waals surface area (Å²) in [5.74, 6) is -0.408. The van der Waals surface area contributed by atoms with Crippen molar-refractivity contribution in [2.24, 2.45) is 0 Å². The lowest BCUT2D eigenvalue weighted by Gasteiger charge is -2.24. The Morgan fingerprint density at radius 1 is 1.35 bits per heavy atom. The molecule has 0 saturated carbocycles. The Kier molecular flexibility index (Phi) is 7.46. The molecule has 0 bridgehead atoms. The first-order valence-electron chi connectivity index (χ1n) is 9.02.